The average molecular weight is 626 g/mol. The van der Waals surface area contributed by atoms with Gasteiger partial charge in [-0.05, 0) is 97.2 Å². The van der Waals surface area contributed by atoms with Gasteiger partial charge in [0, 0.05) is 17.4 Å². The highest BCUT2D eigenvalue weighted by Gasteiger charge is 2.55. The van der Waals surface area contributed by atoms with E-state index in [1.165, 1.54) is 18.2 Å². The molecular formula is C34H35F4N3O4. The maximum atomic E-state index is 14.5. The number of aryl methyl sites for hydroxylation is 3. The number of halogens is 4. The van der Waals surface area contributed by atoms with Crippen molar-refractivity contribution < 1.29 is 37.0 Å². The summed E-state index contributed by atoms with van der Waals surface area (Å²) >= 11 is 0. The van der Waals surface area contributed by atoms with Crippen LogP contribution in [0.25, 0.3) is 16.6 Å². The molecule has 2 atom stereocenters. The molecule has 238 valence electrons. The molecule has 3 aromatic carbocycles. The molecule has 7 nitrogen and oxygen atoms in total. The fraction of sp³-hybridized carbons (Fsp3) is 0.382. The molecule has 0 bridgehead atoms. The Balaban J connectivity index is 1.42. The fourth-order valence-corrected chi connectivity index (χ4v) is 6.24. The summed E-state index contributed by atoms with van der Waals surface area (Å²) < 4.78 is 64.1. The van der Waals surface area contributed by atoms with Crippen molar-refractivity contribution in [3.8, 4) is 5.69 Å². The van der Waals surface area contributed by atoms with Gasteiger partial charge >= 0.3 is 12.1 Å². The summed E-state index contributed by atoms with van der Waals surface area (Å²) in [5.74, 6) is -1.48. The lowest BCUT2D eigenvalue weighted by molar-refractivity contribution is -0.269. The molecule has 1 aliphatic heterocycles. The number of nitrogens with one attached hydrogen (secondary N) is 1. The van der Waals surface area contributed by atoms with E-state index in [-0.39, 0.29) is 13.0 Å². The second-order valence-corrected chi connectivity index (χ2v) is 12.5. The van der Waals surface area contributed by atoms with E-state index in [1.807, 2.05) is 13.0 Å². The van der Waals surface area contributed by atoms with Crippen LogP contribution >= 0.6 is 0 Å². The summed E-state index contributed by atoms with van der Waals surface area (Å²) in [7, 11) is 0. The van der Waals surface area contributed by atoms with Crippen LogP contribution in [0.1, 0.15) is 65.7 Å². The summed E-state index contributed by atoms with van der Waals surface area (Å²) in [6.07, 6.45) is -4.36. The number of carbonyl (C=O) groups excluding carboxylic acids is 2. The lowest BCUT2D eigenvalue weighted by atomic mass is 9.72. The number of fused-ring (bicyclic) bond motifs is 1. The Kier molecular flexibility index (Phi) is 8.52. The number of alkyl halides is 3. The highest BCUT2D eigenvalue weighted by atomic mass is 19.4. The number of aromatic nitrogens is 2. The van der Waals surface area contributed by atoms with Crippen molar-refractivity contribution in [2.75, 3.05) is 6.61 Å². The molecule has 2 heterocycles. The molecule has 2 N–H and O–H groups in total. The minimum absolute atomic E-state index is 0.0992. The fourth-order valence-electron chi connectivity index (χ4n) is 6.24. The molecule has 1 aromatic heterocycles. The number of ether oxygens (including phenoxy) is 1. The molecule has 0 spiro atoms. The Morgan fingerprint density at radius 1 is 1.11 bits per heavy atom. The minimum atomic E-state index is -4.94. The van der Waals surface area contributed by atoms with Crippen LogP contribution in [0.2, 0.25) is 0 Å². The number of aliphatic hydroxyl groups is 1. The molecule has 1 saturated heterocycles. The van der Waals surface area contributed by atoms with Gasteiger partial charge in [-0.25, -0.2) is 13.9 Å². The van der Waals surface area contributed by atoms with Crippen LogP contribution in [0, 0.1) is 19.7 Å². The number of benzene rings is 3. The Hall–Kier alpha value is -4.25. The van der Waals surface area contributed by atoms with Crippen LogP contribution in [0.15, 0.2) is 60.8 Å². The van der Waals surface area contributed by atoms with Gasteiger partial charge in [0.25, 0.3) is 5.91 Å². The molecule has 1 unspecified atom stereocenters. The van der Waals surface area contributed by atoms with Gasteiger partial charge in [0.05, 0.1) is 24.0 Å². The number of cyclic esters (lactones) is 1. The zero-order valence-electron chi connectivity index (χ0n) is 25.5. The molecule has 1 amide bonds. The molecule has 11 heteroatoms. The highest BCUT2D eigenvalue weighted by Crippen LogP contribution is 2.44. The normalized spacial score (nSPS) is 16.9. The van der Waals surface area contributed by atoms with E-state index < -0.39 is 53.8 Å². The van der Waals surface area contributed by atoms with Crippen molar-refractivity contribution in [2.45, 2.75) is 76.6 Å². The van der Waals surface area contributed by atoms with Gasteiger partial charge in [-0.1, -0.05) is 32.0 Å². The molecule has 4 aromatic rings. The monoisotopic (exact) mass is 625 g/mol. The summed E-state index contributed by atoms with van der Waals surface area (Å²) in [6, 6.07) is 13.6. The number of carbonyl (C=O) groups is 2. The van der Waals surface area contributed by atoms with Gasteiger partial charge in [-0.15, -0.1) is 0 Å². The number of hydrogen-bond donors (Lipinski definition) is 2. The van der Waals surface area contributed by atoms with Crippen molar-refractivity contribution in [3.63, 3.8) is 0 Å². The zero-order chi connectivity index (χ0) is 32.7. The summed E-state index contributed by atoms with van der Waals surface area (Å²) in [4.78, 5) is 24.6. The smallest absolute Gasteiger partial charge is 0.417 e. The van der Waals surface area contributed by atoms with Crippen LogP contribution in [0.3, 0.4) is 0 Å². The average Bonchev–Trinajstić information content (AvgIpc) is 3.58. The van der Waals surface area contributed by atoms with Crippen molar-refractivity contribution in [3.05, 3.63) is 94.4 Å². The minimum Gasteiger partial charge on any atom is -0.464 e. The number of rotatable bonds is 9. The predicted molar refractivity (Wildman–Crippen MR) is 161 cm³/mol. The molecule has 1 fully saturated rings. The number of hydrogen-bond acceptors (Lipinski definition) is 5. The first-order chi connectivity index (χ1) is 21.1. The van der Waals surface area contributed by atoms with Crippen molar-refractivity contribution >= 4 is 22.8 Å². The van der Waals surface area contributed by atoms with Gasteiger partial charge in [0.1, 0.15) is 11.9 Å². The number of amides is 1. The zero-order valence-corrected chi connectivity index (χ0v) is 25.5. The van der Waals surface area contributed by atoms with Gasteiger partial charge in [0.15, 0.2) is 5.60 Å². The SMILES string of the molecule is Cc1cc(CCC(O)(CC(C)(C)c2cc(F)ccc2C)C(F)(F)F)c2cnn(-c3cccc(C(=O)N[C@@H]4CCOC4=O)c3)c2c1. The third-order valence-electron chi connectivity index (χ3n) is 8.51. The molecule has 0 aliphatic carbocycles. The third-order valence-corrected chi connectivity index (χ3v) is 8.51. The van der Waals surface area contributed by atoms with Crippen molar-refractivity contribution in [1.29, 1.82) is 0 Å². The van der Waals surface area contributed by atoms with Crippen LogP contribution in [0.4, 0.5) is 17.6 Å². The number of nitrogens with zero attached hydrogens (tertiary/aromatic N) is 2. The van der Waals surface area contributed by atoms with Crippen LogP contribution < -0.4 is 5.32 Å². The van der Waals surface area contributed by atoms with E-state index in [1.54, 1.807) is 62.0 Å². The van der Waals surface area contributed by atoms with Crippen LogP contribution in [-0.2, 0) is 21.4 Å². The second kappa shape index (κ2) is 11.9. The molecule has 1 aliphatic rings. The Labute approximate surface area is 258 Å². The lowest BCUT2D eigenvalue weighted by Gasteiger charge is -2.38. The summed E-state index contributed by atoms with van der Waals surface area (Å²) in [5, 5.41) is 18.9. The van der Waals surface area contributed by atoms with Crippen molar-refractivity contribution in [1.82, 2.24) is 15.1 Å². The molecule has 5 rings (SSSR count). The Morgan fingerprint density at radius 3 is 2.56 bits per heavy atom. The first kappa shape index (κ1) is 32.2. The maximum absolute atomic E-state index is 14.5. The quantitative estimate of drug-likeness (QED) is 0.165. The second-order valence-electron chi connectivity index (χ2n) is 12.5. The maximum Gasteiger partial charge on any atom is 0.417 e. The van der Waals surface area contributed by atoms with E-state index in [9.17, 15) is 32.3 Å². The van der Waals surface area contributed by atoms with E-state index >= 15 is 0 Å². The van der Waals surface area contributed by atoms with Crippen LogP contribution in [-0.4, -0.2) is 51.2 Å². The summed E-state index contributed by atoms with van der Waals surface area (Å²) in [5.41, 5.74) is -0.366. The Morgan fingerprint density at radius 2 is 1.87 bits per heavy atom. The highest BCUT2D eigenvalue weighted by molar-refractivity contribution is 5.97. The van der Waals surface area contributed by atoms with Crippen molar-refractivity contribution in [2.24, 2.45) is 0 Å². The van der Waals surface area contributed by atoms with E-state index in [0.717, 1.165) is 5.56 Å². The predicted octanol–water partition coefficient (Wildman–Crippen LogP) is 6.42. The third kappa shape index (κ3) is 6.58. The van der Waals surface area contributed by atoms with Gasteiger partial charge in [-0.2, -0.15) is 18.3 Å². The molecular weight excluding hydrogens is 590 g/mol. The number of esters is 1. The van der Waals surface area contributed by atoms with E-state index in [2.05, 4.69) is 10.4 Å². The van der Waals surface area contributed by atoms with Gasteiger partial charge < -0.3 is 15.2 Å². The van der Waals surface area contributed by atoms with Gasteiger partial charge in [-0.3, -0.25) is 4.79 Å². The van der Waals surface area contributed by atoms with Crippen LogP contribution in [0.5, 0.6) is 0 Å². The van der Waals surface area contributed by atoms with E-state index in [4.69, 9.17) is 4.74 Å². The molecule has 45 heavy (non-hydrogen) atoms. The first-order valence-corrected chi connectivity index (χ1v) is 14.7. The largest absolute Gasteiger partial charge is 0.464 e. The molecule has 0 saturated carbocycles. The Bertz CT molecular complexity index is 1760. The molecule has 0 radical (unpaired) electrons. The standard InChI is InChI=1S/C34H35F4N3O4/c1-20-14-22(10-12-33(44,34(36,37)38)19-32(3,4)27-17-24(35)9-8-21(27)2)26-18-39-41(29(26)15-20)25-7-5-6-23(16-25)30(42)40-28-11-13-45-31(28)43/h5-9,14-18,28,44H,10-13,19H2,1-4H3,(H,40,42)/t28-,33?/m1/s1. The summed E-state index contributed by atoms with van der Waals surface area (Å²) in [6.45, 7) is 6.92. The lowest BCUT2D eigenvalue weighted by Crippen LogP contribution is -2.49. The van der Waals surface area contributed by atoms with Gasteiger partial charge in [0.2, 0.25) is 0 Å². The van der Waals surface area contributed by atoms with E-state index in [0.29, 0.717) is 45.3 Å². The topological polar surface area (TPSA) is 93.5 Å². The first-order valence-electron chi connectivity index (χ1n) is 14.7.